The molecule has 4 atom stereocenters. The van der Waals surface area contributed by atoms with E-state index in [9.17, 15) is 24.3 Å². The summed E-state index contributed by atoms with van der Waals surface area (Å²) in [6, 6.07) is 6.18. The second-order valence-corrected chi connectivity index (χ2v) is 13.8. The first-order chi connectivity index (χ1) is 22.8. The Morgan fingerprint density at radius 2 is 1.48 bits per heavy atom. The van der Waals surface area contributed by atoms with Gasteiger partial charge in [-0.05, 0) is 38.3 Å². The van der Waals surface area contributed by atoms with Gasteiger partial charge in [-0.25, -0.2) is 8.78 Å². The summed E-state index contributed by atoms with van der Waals surface area (Å²) in [5.41, 5.74) is 0. The minimum absolute atomic E-state index is 0.0672. The van der Waals surface area contributed by atoms with Crippen LogP contribution in [0.5, 0.6) is 23.0 Å². The number of rotatable bonds is 18. The van der Waals surface area contributed by atoms with Crippen LogP contribution in [0.3, 0.4) is 0 Å². The molecule has 10 nitrogen and oxygen atoms in total. The Hall–Kier alpha value is -4.30. The SMILES string of the molecule is COc1cc2sc(CC(C=O)[C@H](C)C(=O)O)cc2c(F)c1OC(C)CCCOc1c(OC)cc2sc(C(=O)C[C@H](C)C(=O)O)cc2c1F. The molecule has 0 saturated heterocycles. The van der Waals surface area contributed by atoms with E-state index in [1.807, 2.05) is 0 Å². The molecular weight excluding hydrogens is 670 g/mol. The lowest BCUT2D eigenvalue weighted by atomic mass is 9.92. The molecular formula is C34H36F2O10S2. The molecule has 14 heteroatoms. The maximum atomic E-state index is 15.7. The van der Waals surface area contributed by atoms with Crippen molar-refractivity contribution >= 4 is 66.9 Å². The summed E-state index contributed by atoms with van der Waals surface area (Å²) in [6.07, 6.45) is 0.840. The number of aldehydes is 1. The van der Waals surface area contributed by atoms with Gasteiger partial charge in [-0.1, -0.05) is 13.8 Å². The summed E-state index contributed by atoms with van der Waals surface area (Å²) in [6.45, 7) is 4.70. The Morgan fingerprint density at radius 3 is 2.08 bits per heavy atom. The highest BCUT2D eigenvalue weighted by Gasteiger charge is 2.26. The fourth-order valence-corrected chi connectivity index (χ4v) is 7.26. The number of carbonyl (C=O) groups is 4. The number of ketones is 1. The number of ether oxygens (including phenoxy) is 4. The predicted octanol–water partition coefficient (Wildman–Crippen LogP) is 7.41. The van der Waals surface area contributed by atoms with Crippen LogP contribution in [-0.4, -0.2) is 61.2 Å². The molecule has 2 heterocycles. The van der Waals surface area contributed by atoms with E-state index in [2.05, 4.69) is 0 Å². The van der Waals surface area contributed by atoms with Crippen LogP contribution in [0.2, 0.25) is 0 Å². The molecule has 0 amide bonds. The van der Waals surface area contributed by atoms with E-state index in [1.54, 1.807) is 25.1 Å². The van der Waals surface area contributed by atoms with Crippen LogP contribution in [-0.2, 0) is 20.8 Å². The summed E-state index contributed by atoms with van der Waals surface area (Å²) >= 11 is 2.29. The molecule has 0 aliphatic carbocycles. The fourth-order valence-electron chi connectivity index (χ4n) is 5.07. The zero-order valence-corrected chi connectivity index (χ0v) is 28.6. The summed E-state index contributed by atoms with van der Waals surface area (Å²) in [5.74, 6) is -6.37. The molecule has 258 valence electrons. The van der Waals surface area contributed by atoms with Gasteiger partial charge in [0.25, 0.3) is 0 Å². The number of Topliss-reactive ketones (excluding diaryl/α,β-unsaturated/α-hetero) is 1. The van der Waals surface area contributed by atoms with Gasteiger partial charge in [-0.2, -0.15) is 0 Å². The van der Waals surface area contributed by atoms with Crippen LogP contribution >= 0.6 is 22.7 Å². The molecule has 0 radical (unpaired) electrons. The van der Waals surface area contributed by atoms with E-state index < -0.39 is 53.2 Å². The van der Waals surface area contributed by atoms with E-state index >= 15 is 8.78 Å². The summed E-state index contributed by atoms with van der Waals surface area (Å²) < 4.78 is 54.7. The minimum Gasteiger partial charge on any atom is -0.493 e. The van der Waals surface area contributed by atoms with Crippen LogP contribution in [0.15, 0.2) is 24.3 Å². The number of halogens is 2. The summed E-state index contributed by atoms with van der Waals surface area (Å²) in [5, 5.41) is 18.8. The highest BCUT2D eigenvalue weighted by molar-refractivity contribution is 7.21. The monoisotopic (exact) mass is 706 g/mol. The van der Waals surface area contributed by atoms with Gasteiger partial charge in [0.15, 0.2) is 40.4 Å². The first kappa shape index (κ1) is 36.5. The first-order valence-corrected chi connectivity index (χ1v) is 16.7. The maximum Gasteiger partial charge on any atom is 0.306 e. The fraction of sp³-hybridized carbons (Fsp3) is 0.412. The minimum atomic E-state index is -1.09. The Kier molecular flexibility index (Phi) is 12.0. The standard InChI is InChI=1S/C34H36F2O10S2/c1-16(33(39)40)9-23(38)28-12-22-27(48-28)13-24(43-4)31(29(22)35)45-8-6-7-17(2)46-32-25(44-5)14-26-21(30(32)36)11-20(47-26)10-19(15-37)18(3)34(41)42/h11-19H,6-10H2,1-5H3,(H,39,40)(H,41,42)/t16-,17?,18-,19?/m0/s1. The van der Waals surface area contributed by atoms with Crippen molar-refractivity contribution in [2.75, 3.05) is 20.8 Å². The molecule has 0 aliphatic heterocycles. The van der Waals surface area contributed by atoms with Crippen molar-refractivity contribution in [2.45, 2.75) is 52.6 Å². The number of hydrogen-bond donors (Lipinski definition) is 2. The van der Waals surface area contributed by atoms with Gasteiger partial charge < -0.3 is 34.0 Å². The Bertz CT molecular complexity index is 1830. The molecule has 2 N–H and O–H groups in total. The highest BCUT2D eigenvalue weighted by atomic mass is 32.1. The van der Waals surface area contributed by atoms with Gasteiger partial charge in [0.1, 0.15) is 6.29 Å². The van der Waals surface area contributed by atoms with Crippen molar-refractivity contribution in [3.63, 3.8) is 0 Å². The van der Waals surface area contributed by atoms with Crippen molar-refractivity contribution < 1.29 is 57.1 Å². The van der Waals surface area contributed by atoms with E-state index in [0.717, 1.165) is 11.3 Å². The van der Waals surface area contributed by atoms with Gasteiger partial charge in [-0.15, -0.1) is 22.7 Å². The topological polar surface area (TPSA) is 146 Å². The molecule has 2 aromatic heterocycles. The molecule has 2 unspecified atom stereocenters. The van der Waals surface area contributed by atoms with Crippen molar-refractivity contribution in [3.05, 3.63) is 45.7 Å². The van der Waals surface area contributed by atoms with Crippen LogP contribution in [0.1, 0.15) is 54.6 Å². The second-order valence-electron chi connectivity index (χ2n) is 11.5. The number of fused-ring (bicyclic) bond motifs is 2. The number of hydrogen-bond acceptors (Lipinski definition) is 10. The van der Waals surface area contributed by atoms with Crippen LogP contribution in [0.4, 0.5) is 8.78 Å². The van der Waals surface area contributed by atoms with Crippen molar-refractivity contribution in [3.8, 4) is 23.0 Å². The zero-order valence-electron chi connectivity index (χ0n) is 27.0. The maximum absolute atomic E-state index is 15.7. The van der Waals surface area contributed by atoms with E-state index in [-0.39, 0.29) is 58.1 Å². The molecule has 48 heavy (non-hydrogen) atoms. The molecule has 0 bridgehead atoms. The summed E-state index contributed by atoms with van der Waals surface area (Å²) in [7, 11) is 2.75. The lowest BCUT2D eigenvalue weighted by molar-refractivity contribution is -0.144. The van der Waals surface area contributed by atoms with Gasteiger partial charge in [0.05, 0.1) is 43.6 Å². The Balaban J connectivity index is 1.42. The number of carboxylic acid groups (broad SMARTS) is 2. The van der Waals surface area contributed by atoms with Crippen molar-refractivity contribution in [1.29, 1.82) is 0 Å². The van der Waals surface area contributed by atoms with Crippen LogP contribution in [0, 0.1) is 29.4 Å². The number of benzene rings is 2. The van der Waals surface area contributed by atoms with Crippen LogP contribution < -0.4 is 18.9 Å². The van der Waals surface area contributed by atoms with E-state index in [1.165, 1.54) is 45.5 Å². The zero-order chi connectivity index (χ0) is 35.3. The predicted molar refractivity (Wildman–Crippen MR) is 177 cm³/mol. The Morgan fingerprint density at radius 1 is 0.875 bits per heavy atom. The average Bonchev–Trinajstić information content (AvgIpc) is 3.68. The van der Waals surface area contributed by atoms with Crippen molar-refractivity contribution in [2.24, 2.45) is 17.8 Å². The highest BCUT2D eigenvalue weighted by Crippen LogP contribution is 2.42. The lowest BCUT2D eigenvalue weighted by Crippen LogP contribution is -2.23. The number of methoxy groups -OCH3 is 2. The van der Waals surface area contributed by atoms with Crippen molar-refractivity contribution in [1.82, 2.24) is 0 Å². The molecule has 4 aromatic rings. The molecule has 4 rings (SSSR count). The molecule has 0 aliphatic rings. The number of carbonyl (C=O) groups excluding carboxylic acids is 2. The van der Waals surface area contributed by atoms with Gasteiger partial charge in [-0.3, -0.25) is 14.4 Å². The van der Waals surface area contributed by atoms with E-state index in [0.29, 0.717) is 33.4 Å². The molecule has 0 fully saturated rings. The smallest absolute Gasteiger partial charge is 0.306 e. The summed E-state index contributed by atoms with van der Waals surface area (Å²) in [4.78, 5) is 47.5. The largest absolute Gasteiger partial charge is 0.493 e. The molecule has 0 spiro atoms. The average molecular weight is 707 g/mol. The first-order valence-electron chi connectivity index (χ1n) is 15.1. The third kappa shape index (κ3) is 8.04. The lowest BCUT2D eigenvalue weighted by Gasteiger charge is -2.18. The third-order valence-electron chi connectivity index (χ3n) is 8.01. The molecule has 2 aromatic carbocycles. The number of aliphatic carboxylic acids is 2. The quantitative estimate of drug-likeness (QED) is 0.0609. The van der Waals surface area contributed by atoms with Gasteiger partial charge >= 0.3 is 11.9 Å². The van der Waals surface area contributed by atoms with Crippen LogP contribution in [0.25, 0.3) is 20.2 Å². The van der Waals surface area contributed by atoms with Gasteiger partial charge in [0.2, 0.25) is 0 Å². The van der Waals surface area contributed by atoms with E-state index in [4.69, 9.17) is 24.1 Å². The normalized spacial score (nSPS) is 13.9. The molecule has 0 saturated carbocycles. The number of carboxylic acids is 2. The Labute approximate surface area is 283 Å². The number of thiophene rings is 2. The van der Waals surface area contributed by atoms with Gasteiger partial charge in [0, 0.05) is 49.5 Å². The third-order valence-corrected chi connectivity index (χ3v) is 10.2. The second kappa shape index (κ2) is 15.7.